The van der Waals surface area contributed by atoms with E-state index < -0.39 is 24.3 Å². The summed E-state index contributed by atoms with van der Waals surface area (Å²) in [6.45, 7) is 1.32. The first-order valence-corrected chi connectivity index (χ1v) is 8.25. The number of benzene rings is 2. The first-order chi connectivity index (χ1) is 11.9. The summed E-state index contributed by atoms with van der Waals surface area (Å²) in [6, 6.07) is 10.9. The predicted octanol–water partition coefficient (Wildman–Crippen LogP) is 4.10. The van der Waals surface area contributed by atoms with Crippen molar-refractivity contribution in [3.63, 3.8) is 0 Å². The minimum Gasteiger partial charge on any atom is -0.455 e. The number of carbonyl (C=O) groups excluding carboxylic acids is 2. The monoisotopic (exact) mass is 383 g/mol. The van der Waals surface area contributed by atoms with Gasteiger partial charge in [0.2, 0.25) is 0 Å². The Hall–Kier alpha value is -2.11. The Labute approximate surface area is 154 Å². The van der Waals surface area contributed by atoms with Crippen LogP contribution in [0, 0.1) is 5.82 Å². The van der Waals surface area contributed by atoms with Crippen molar-refractivity contribution in [2.24, 2.45) is 0 Å². The fourth-order valence-corrected chi connectivity index (χ4v) is 2.61. The van der Waals surface area contributed by atoms with E-state index in [1.54, 1.807) is 25.1 Å². The average molecular weight is 384 g/mol. The molecule has 1 atom stereocenters. The van der Waals surface area contributed by atoms with Crippen LogP contribution in [0.1, 0.15) is 24.1 Å². The van der Waals surface area contributed by atoms with Crippen LogP contribution in [0.15, 0.2) is 42.5 Å². The van der Waals surface area contributed by atoms with Crippen LogP contribution in [0.5, 0.6) is 0 Å². The lowest BCUT2D eigenvalue weighted by molar-refractivity contribution is -0.148. The van der Waals surface area contributed by atoms with Crippen molar-refractivity contribution < 1.29 is 18.7 Å². The zero-order valence-corrected chi connectivity index (χ0v) is 14.9. The lowest BCUT2D eigenvalue weighted by Gasteiger charge is -2.14. The Balaban J connectivity index is 1.84. The smallest absolute Gasteiger partial charge is 0.310 e. The summed E-state index contributed by atoms with van der Waals surface area (Å²) in [5.41, 5.74) is 0.868. The second-order valence-electron chi connectivity index (χ2n) is 5.38. The Kier molecular flexibility index (Phi) is 6.79. The predicted molar refractivity (Wildman–Crippen MR) is 94.1 cm³/mol. The molecule has 0 unspecified atom stereocenters. The number of ether oxygens (including phenoxy) is 1. The van der Waals surface area contributed by atoms with Gasteiger partial charge < -0.3 is 10.1 Å². The van der Waals surface area contributed by atoms with Crippen LogP contribution < -0.4 is 5.32 Å². The molecule has 0 aliphatic heterocycles. The van der Waals surface area contributed by atoms with Crippen molar-refractivity contribution in [3.8, 4) is 0 Å². The van der Waals surface area contributed by atoms with Gasteiger partial charge in [0, 0.05) is 15.6 Å². The van der Waals surface area contributed by atoms with Crippen LogP contribution in [0.2, 0.25) is 10.0 Å². The zero-order chi connectivity index (χ0) is 18.4. The first-order valence-electron chi connectivity index (χ1n) is 7.50. The van der Waals surface area contributed by atoms with Crippen LogP contribution in [0.25, 0.3) is 0 Å². The van der Waals surface area contributed by atoms with Gasteiger partial charge >= 0.3 is 5.97 Å². The fraction of sp³-hybridized carbons (Fsp3) is 0.222. The second-order valence-corrected chi connectivity index (χ2v) is 6.23. The van der Waals surface area contributed by atoms with E-state index in [-0.39, 0.29) is 23.0 Å². The molecule has 2 aromatic rings. The van der Waals surface area contributed by atoms with Crippen LogP contribution in [-0.2, 0) is 20.7 Å². The van der Waals surface area contributed by atoms with E-state index in [0.29, 0.717) is 5.02 Å². The van der Waals surface area contributed by atoms with E-state index >= 15 is 0 Å². The zero-order valence-electron chi connectivity index (χ0n) is 13.4. The quantitative estimate of drug-likeness (QED) is 0.764. The Morgan fingerprint density at radius 3 is 2.60 bits per heavy atom. The van der Waals surface area contributed by atoms with E-state index in [1.165, 1.54) is 18.2 Å². The standard InChI is InChI=1S/C18H16Cl2FNO3/c1-11(12-4-2-5-13(19)8-12)22-17(23)10-25-18(24)9-14-15(20)6-3-7-16(14)21/h2-8,11H,9-10H2,1H3,(H,22,23)/t11-/m0/s1. The van der Waals surface area contributed by atoms with Gasteiger partial charge in [0.05, 0.1) is 12.5 Å². The molecular formula is C18H16Cl2FNO3. The van der Waals surface area contributed by atoms with Crippen molar-refractivity contribution in [1.82, 2.24) is 5.32 Å². The molecule has 0 saturated carbocycles. The molecule has 0 bridgehead atoms. The summed E-state index contributed by atoms with van der Waals surface area (Å²) in [6.07, 6.45) is -0.345. The van der Waals surface area contributed by atoms with Gasteiger partial charge in [-0.25, -0.2) is 4.39 Å². The highest BCUT2D eigenvalue weighted by Gasteiger charge is 2.15. The van der Waals surface area contributed by atoms with E-state index in [9.17, 15) is 14.0 Å². The molecule has 0 spiro atoms. The van der Waals surface area contributed by atoms with E-state index in [0.717, 1.165) is 5.56 Å². The minimum absolute atomic E-state index is 0.0434. The Morgan fingerprint density at radius 1 is 1.20 bits per heavy atom. The molecule has 4 nitrogen and oxygen atoms in total. The molecule has 2 aromatic carbocycles. The maximum absolute atomic E-state index is 13.6. The third-order valence-electron chi connectivity index (χ3n) is 3.47. The van der Waals surface area contributed by atoms with Gasteiger partial charge in [-0.1, -0.05) is 41.4 Å². The number of nitrogens with one attached hydrogen (secondary N) is 1. The number of hydrogen-bond acceptors (Lipinski definition) is 3. The molecule has 132 valence electrons. The molecule has 0 aliphatic rings. The van der Waals surface area contributed by atoms with Gasteiger partial charge in [-0.05, 0) is 36.8 Å². The number of carbonyl (C=O) groups is 2. The maximum Gasteiger partial charge on any atom is 0.310 e. The molecule has 0 fully saturated rings. The van der Waals surface area contributed by atoms with Gasteiger partial charge in [0.25, 0.3) is 5.91 Å². The van der Waals surface area contributed by atoms with Gasteiger partial charge in [0.15, 0.2) is 6.61 Å². The Morgan fingerprint density at radius 2 is 1.92 bits per heavy atom. The third kappa shape index (κ3) is 5.73. The summed E-state index contributed by atoms with van der Waals surface area (Å²) in [7, 11) is 0. The number of hydrogen-bond donors (Lipinski definition) is 1. The van der Waals surface area contributed by atoms with Crippen LogP contribution >= 0.6 is 23.2 Å². The Bertz CT molecular complexity index is 762. The summed E-state index contributed by atoms with van der Waals surface area (Å²) >= 11 is 11.8. The van der Waals surface area contributed by atoms with Crippen molar-refractivity contribution in [2.45, 2.75) is 19.4 Å². The normalized spacial score (nSPS) is 11.7. The van der Waals surface area contributed by atoms with Gasteiger partial charge in [-0.2, -0.15) is 0 Å². The number of rotatable bonds is 6. The first kappa shape index (κ1) is 19.2. The summed E-state index contributed by atoms with van der Waals surface area (Å²) in [5, 5.41) is 3.39. The molecule has 0 saturated heterocycles. The molecular weight excluding hydrogens is 368 g/mol. The number of amides is 1. The highest BCUT2D eigenvalue weighted by molar-refractivity contribution is 6.31. The number of halogens is 3. The van der Waals surface area contributed by atoms with Gasteiger partial charge in [-0.3, -0.25) is 9.59 Å². The third-order valence-corrected chi connectivity index (χ3v) is 4.06. The molecule has 1 amide bonds. The van der Waals surface area contributed by atoms with Crippen LogP contribution in [0.3, 0.4) is 0 Å². The van der Waals surface area contributed by atoms with E-state index in [4.69, 9.17) is 27.9 Å². The second kappa shape index (κ2) is 8.83. The van der Waals surface area contributed by atoms with Crippen molar-refractivity contribution in [2.75, 3.05) is 6.61 Å². The van der Waals surface area contributed by atoms with Crippen LogP contribution in [-0.4, -0.2) is 18.5 Å². The SMILES string of the molecule is C[C@H](NC(=O)COC(=O)Cc1c(F)cccc1Cl)c1cccc(Cl)c1. The lowest BCUT2D eigenvalue weighted by atomic mass is 10.1. The molecule has 1 N–H and O–H groups in total. The van der Waals surface area contributed by atoms with Crippen molar-refractivity contribution in [3.05, 3.63) is 69.5 Å². The van der Waals surface area contributed by atoms with E-state index in [2.05, 4.69) is 5.32 Å². The van der Waals surface area contributed by atoms with Gasteiger partial charge in [0.1, 0.15) is 5.82 Å². The van der Waals surface area contributed by atoms with Gasteiger partial charge in [-0.15, -0.1) is 0 Å². The molecule has 25 heavy (non-hydrogen) atoms. The van der Waals surface area contributed by atoms with Crippen molar-refractivity contribution >= 4 is 35.1 Å². The molecule has 0 aliphatic carbocycles. The van der Waals surface area contributed by atoms with Crippen LogP contribution in [0.4, 0.5) is 4.39 Å². The topological polar surface area (TPSA) is 55.4 Å². The fourth-order valence-electron chi connectivity index (χ4n) is 2.19. The average Bonchev–Trinajstić information content (AvgIpc) is 2.56. The molecule has 2 rings (SSSR count). The molecule has 7 heteroatoms. The molecule has 0 heterocycles. The highest BCUT2D eigenvalue weighted by atomic mass is 35.5. The largest absolute Gasteiger partial charge is 0.455 e. The maximum atomic E-state index is 13.6. The summed E-state index contributed by atoms with van der Waals surface area (Å²) in [5.74, 6) is -1.80. The number of esters is 1. The molecule has 0 aromatic heterocycles. The highest BCUT2D eigenvalue weighted by Crippen LogP contribution is 2.20. The lowest BCUT2D eigenvalue weighted by Crippen LogP contribution is -2.31. The van der Waals surface area contributed by atoms with Crippen molar-refractivity contribution in [1.29, 1.82) is 0 Å². The van der Waals surface area contributed by atoms with E-state index in [1.807, 2.05) is 6.07 Å². The summed E-state index contributed by atoms with van der Waals surface area (Å²) < 4.78 is 18.5. The minimum atomic E-state index is -0.738. The summed E-state index contributed by atoms with van der Waals surface area (Å²) in [4.78, 5) is 23.7. The molecule has 0 radical (unpaired) electrons.